The zero-order chi connectivity index (χ0) is 11.2. The number of rotatable bonds is 6. The third-order valence-corrected chi connectivity index (χ3v) is 2.56. The predicted molar refractivity (Wildman–Crippen MR) is 64.4 cm³/mol. The van der Waals surface area contributed by atoms with Crippen molar-refractivity contribution in [2.24, 2.45) is 0 Å². The van der Waals surface area contributed by atoms with E-state index < -0.39 is 0 Å². The van der Waals surface area contributed by atoms with E-state index in [2.05, 4.69) is 16.4 Å². The van der Waals surface area contributed by atoms with E-state index in [0.717, 1.165) is 18.0 Å². The van der Waals surface area contributed by atoms with Gasteiger partial charge in [-0.25, -0.2) is 4.98 Å². The van der Waals surface area contributed by atoms with Gasteiger partial charge in [-0.15, -0.1) is 0 Å². The monoisotopic (exact) mass is 218 g/mol. The van der Waals surface area contributed by atoms with Gasteiger partial charge in [-0.2, -0.15) is 0 Å². The lowest BCUT2D eigenvalue weighted by Gasteiger charge is -2.09. The average molecular weight is 218 g/mol. The number of hydrogen-bond acceptors (Lipinski definition) is 3. The fourth-order valence-electron chi connectivity index (χ4n) is 1.45. The lowest BCUT2D eigenvalue weighted by atomic mass is 10.2. The number of nitrogens with zero attached hydrogens (tertiary/aromatic N) is 1. The Morgan fingerprint density at radius 1 is 1.56 bits per heavy atom. The number of ether oxygens (including phenoxy) is 1. The molecule has 0 aromatic carbocycles. The zero-order valence-electron chi connectivity index (χ0n) is 9.65. The van der Waals surface area contributed by atoms with Crippen LogP contribution in [0.4, 0.5) is 0 Å². The van der Waals surface area contributed by atoms with Crippen LogP contribution < -0.4 is 10.1 Å². The minimum absolute atomic E-state index is 0.587. The summed E-state index contributed by atoms with van der Waals surface area (Å²) in [6.07, 6.45) is 8.33. The Morgan fingerprint density at radius 2 is 2.44 bits per heavy atom. The van der Waals surface area contributed by atoms with Crippen LogP contribution in [0.25, 0.3) is 0 Å². The highest BCUT2D eigenvalue weighted by molar-refractivity contribution is 5.25. The van der Waals surface area contributed by atoms with Crippen molar-refractivity contribution in [3.05, 3.63) is 36.0 Å². The fraction of sp³-hybridized carbons (Fsp3) is 0.462. The van der Waals surface area contributed by atoms with Gasteiger partial charge in [-0.3, -0.25) is 0 Å². The quantitative estimate of drug-likeness (QED) is 0.744. The maximum Gasteiger partial charge on any atom is 0.218 e. The molecule has 3 heteroatoms. The molecule has 1 aliphatic rings. The van der Waals surface area contributed by atoms with Crippen molar-refractivity contribution in [3.63, 3.8) is 0 Å². The molecular weight excluding hydrogens is 200 g/mol. The predicted octanol–water partition coefficient (Wildman–Crippen LogP) is 2.29. The maximum atomic E-state index is 5.59. The van der Waals surface area contributed by atoms with Gasteiger partial charge in [0.2, 0.25) is 5.88 Å². The fourth-order valence-corrected chi connectivity index (χ4v) is 1.45. The van der Waals surface area contributed by atoms with Gasteiger partial charge >= 0.3 is 0 Å². The van der Waals surface area contributed by atoms with Crippen molar-refractivity contribution in [3.8, 4) is 5.88 Å². The van der Waals surface area contributed by atoms with Crippen molar-refractivity contribution in [1.82, 2.24) is 10.3 Å². The molecule has 0 amide bonds. The summed E-state index contributed by atoms with van der Waals surface area (Å²) in [5.41, 5.74) is 1.14. The first kappa shape index (κ1) is 11.1. The van der Waals surface area contributed by atoms with Gasteiger partial charge < -0.3 is 10.1 Å². The summed E-state index contributed by atoms with van der Waals surface area (Å²) < 4.78 is 5.59. The SMILES string of the molecule is CC=CCOc1ncccc1CNC1CC1. The standard InChI is InChI=1S/C13H18N2O/c1-2-3-9-16-13-11(5-4-8-14-13)10-15-12-6-7-12/h2-5,8,12,15H,6-7,9-10H2,1H3. The third kappa shape index (κ3) is 3.35. The Bertz CT molecular complexity index is 359. The van der Waals surface area contributed by atoms with Crippen molar-refractivity contribution < 1.29 is 4.74 Å². The Kier molecular flexibility index (Phi) is 3.94. The lowest BCUT2D eigenvalue weighted by Crippen LogP contribution is -2.16. The molecule has 1 aliphatic carbocycles. The van der Waals surface area contributed by atoms with E-state index in [1.807, 2.05) is 25.1 Å². The largest absolute Gasteiger partial charge is 0.473 e. The summed E-state index contributed by atoms with van der Waals surface area (Å²) in [6, 6.07) is 4.73. The van der Waals surface area contributed by atoms with Crippen LogP contribution in [-0.4, -0.2) is 17.6 Å². The molecule has 2 rings (SSSR count). The molecule has 0 bridgehead atoms. The first-order chi connectivity index (χ1) is 7.90. The highest BCUT2D eigenvalue weighted by Crippen LogP contribution is 2.21. The average Bonchev–Trinajstić information content (AvgIpc) is 3.12. The zero-order valence-corrected chi connectivity index (χ0v) is 9.65. The minimum Gasteiger partial charge on any atom is -0.473 e. The summed E-state index contributed by atoms with van der Waals surface area (Å²) in [7, 11) is 0. The summed E-state index contributed by atoms with van der Waals surface area (Å²) in [5, 5.41) is 3.47. The van der Waals surface area contributed by atoms with Crippen LogP contribution in [0.3, 0.4) is 0 Å². The summed E-state index contributed by atoms with van der Waals surface area (Å²) >= 11 is 0. The second-order valence-corrected chi connectivity index (χ2v) is 4.00. The Balaban J connectivity index is 1.92. The molecule has 1 fully saturated rings. The van der Waals surface area contributed by atoms with Crippen LogP contribution in [0.5, 0.6) is 5.88 Å². The number of hydrogen-bond donors (Lipinski definition) is 1. The van der Waals surface area contributed by atoms with Crippen molar-refractivity contribution in [1.29, 1.82) is 0 Å². The molecule has 0 spiro atoms. The molecule has 1 N–H and O–H groups in total. The number of allylic oxidation sites excluding steroid dienone is 1. The summed E-state index contributed by atoms with van der Waals surface area (Å²) in [6.45, 7) is 3.42. The molecule has 16 heavy (non-hydrogen) atoms. The molecule has 0 atom stereocenters. The highest BCUT2D eigenvalue weighted by Gasteiger charge is 2.20. The number of aromatic nitrogens is 1. The van der Waals surface area contributed by atoms with E-state index in [0.29, 0.717) is 12.6 Å². The molecule has 1 aromatic rings. The second kappa shape index (κ2) is 5.66. The van der Waals surface area contributed by atoms with Gasteiger partial charge in [0.1, 0.15) is 6.61 Å². The number of pyridine rings is 1. The molecule has 1 heterocycles. The minimum atomic E-state index is 0.587. The maximum absolute atomic E-state index is 5.59. The van der Waals surface area contributed by atoms with E-state index in [4.69, 9.17) is 4.74 Å². The molecule has 0 saturated heterocycles. The van der Waals surface area contributed by atoms with Crippen LogP contribution in [0.15, 0.2) is 30.5 Å². The first-order valence-electron chi connectivity index (χ1n) is 5.81. The van der Waals surface area contributed by atoms with E-state index >= 15 is 0 Å². The first-order valence-corrected chi connectivity index (χ1v) is 5.81. The topological polar surface area (TPSA) is 34.1 Å². The van der Waals surface area contributed by atoms with Crippen LogP contribution in [0.1, 0.15) is 25.3 Å². The van der Waals surface area contributed by atoms with E-state index in [-0.39, 0.29) is 0 Å². The highest BCUT2D eigenvalue weighted by atomic mass is 16.5. The van der Waals surface area contributed by atoms with E-state index in [1.54, 1.807) is 6.20 Å². The number of nitrogens with one attached hydrogen (secondary N) is 1. The molecule has 1 saturated carbocycles. The lowest BCUT2D eigenvalue weighted by molar-refractivity contribution is 0.342. The normalized spacial score (nSPS) is 15.6. The molecule has 0 unspecified atom stereocenters. The van der Waals surface area contributed by atoms with Crippen LogP contribution in [-0.2, 0) is 6.54 Å². The van der Waals surface area contributed by atoms with Crippen molar-refractivity contribution in [2.45, 2.75) is 32.4 Å². The Hall–Kier alpha value is -1.35. The van der Waals surface area contributed by atoms with Gasteiger partial charge in [-0.1, -0.05) is 18.2 Å². The molecule has 1 aromatic heterocycles. The van der Waals surface area contributed by atoms with Gasteiger partial charge in [0, 0.05) is 24.3 Å². The molecular formula is C13H18N2O. The van der Waals surface area contributed by atoms with E-state index in [1.165, 1.54) is 12.8 Å². The summed E-state index contributed by atoms with van der Waals surface area (Å²) in [5.74, 6) is 0.744. The molecule has 0 aliphatic heterocycles. The van der Waals surface area contributed by atoms with Crippen LogP contribution in [0, 0.1) is 0 Å². The third-order valence-electron chi connectivity index (χ3n) is 2.56. The second-order valence-electron chi connectivity index (χ2n) is 4.00. The van der Waals surface area contributed by atoms with Crippen LogP contribution >= 0.6 is 0 Å². The molecule has 86 valence electrons. The van der Waals surface area contributed by atoms with Gasteiger partial charge in [0.05, 0.1) is 0 Å². The molecule has 3 nitrogen and oxygen atoms in total. The van der Waals surface area contributed by atoms with Gasteiger partial charge in [0.25, 0.3) is 0 Å². The van der Waals surface area contributed by atoms with Crippen molar-refractivity contribution >= 4 is 0 Å². The van der Waals surface area contributed by atoms with Crippen molar-refractivity contribution in [2.75, 3.05) is 6.61 Å². The van der Waals surface area contributed by atoms with Gasteiger partial charge in [-0.05, 0) is 25.8 Å². The molecule has 0 radical (unpaired) electrons. The van der Waals surface area contributed by atoms with Crippen LogP contribution in [0.2, 0.25) is 0 Å². The summed E-state index contributed by atoms with van der Waals surface area (Å²) in [4.78, 5) is 4.25. The Labute approximate surface area is 96.5 Å². The smallest absolute Gasteiger partial charge is 0.218 e. The van der Waals surface area contributed by atoms with Gasteiger partial charge in [0.15, 0.2) is 0 Å². The van der Waals surface area contributed by atoms with E-state index in [9.17, 15) is 0 Å². The Morgan fingerprint density at radius 3 is 3.19 bits per heavy atom.